The fraction of sp³-hybridized carbons (Fsp3) is 0.154. The van der Waals surface area contributed by atoms with Crippen LogP contribution in [0.2, 0.25) is 0 Å². The molecule has 0 aliphatic rings. The Morgan fingerprint density at radius 3 is 2.75 bits per heavy atom. The van der Waals surface area contributed by atoms with Crippen LogP contribution in [0.5, 0.6) is 0 Å². The van der Waals surface area contributed by atoms with Crippen molar-refractivity contribution in [2.75, 3.05) is 5.43 Å². The van der Waals surface area contributed by atoms with Gasteiger partial charge in [-0.2, -0.15) is 5.10 Å². The summed E-state index contributed by atoms with van der Waals surface area (Å²) in [4.78, 5) is 2.47. The van der Waals surface area contributed by atoms with Gasteiger partial charge in [0.05, 0.1) is 11.9 Å². The van der Waals surface area contributed by atoms with E-state index in [2.05, 4.69) is 48.6 Å². The monoisotopic (exact) mass is 230 g/mol. The zero-order chi connectivity index (χ0) is 11.4. The van der Waals surface area contributed by atoms with E-state index in [1.165, 1.54) is 10.4 Å². The van der Waals surface area contributed by atoms with Crippen molar-refractivity contribution in [3.63, 3.8) is 0 Å². The molecule has 0 saturated heterocycles. The number of thiophene rings is 1. The van der Waals surface area contributed by atoms with E-state index in [-0.39, 0.29) is 0 Å². The highest BCUT2D eigenvalue weighted by molar-refractivity contribution is 7.13. The summed E-state index contributed by atoms with van der Waals surface area (Å²) >= 11 is 1.74. The molecule has 0 aliphatic carbocycles. The largest absolute Gasteiger partial charge is 0.278 e. The predicted octanol–water partition coefficient (Wildman–Crippen LogP) is 3.81. The van der Waals surface area contributed by atoms with Gasteiger partial charge in [-0.15, -0.1) is 11.3 Å². The van der Waals surface area contributed by atoms with E-state index < -0.39 is 0 Å². The molecule has 0 spiro atoms. The Bertz CT molecular complexity index is 500. The van der Waals surface area contributed by atoms with Crippen LogP contribution in [0.15, 0.2) is 41.5 Å². The van der Waals surface area contributed by atoms with Gasteiger partial charge >= 0.3 is 0 Å². The third kappa shape index (κ3) is 2.94. The highest BCUT2D eigenvalue weighted by Gasteiger charge is 1.92. The van der Waals surface area contributed by atoms with E-state index in [1.54, 1.807) is 11.3 Å². The van der Waals surface area contributed by atoms with E-state index in [4.69, 9.17) is 0 Å². The molecule has 16 heavy (non-hydrogen) atoms. The highest BCUT2D eigenvalue weighted by Crippen LogP contribution is 2.13. The van der Waals surface area contributed by atoms with E-state index in [9.17, 15) is 0 Å². The molecule has 1 heterocycles. The van der Waals surface area contributed by atoms with Gasteiger partial charge in [0.2, 0.25) is 0 Å². The Morgan fingerprint density at radius 1 is 1.19 bits per heavy atom. The Labute approximate surface area is 99.6 Å². The lowest BCUT2D eigenvalue weighted by Gasteiger charge is -1.99. The van der Waals surface area contributed by atoms with Crippen molar-refractivity contribution < 1.29 is 0 Å². The van der Waals surface area contributed by atoms with Crippen LogP contribution in [0.4, 0.5) is 5.69 Å². The SMILES string of the molecule is Cc1cccc(N/N=C\c2ccc(C)s2)c1. The van der Waals surface area contributed by atoms with Crippen LogP contribution in [0.3, 0.4) is 0 Å². The number of nitrogens with one attached hydrogen (secondary N) is 1. The van der Waals surface area contributed by atoms with Gasteiger partial charge in [0, 0.05) is 9.75 Å². The molecule has 2 aromatic rings. The predicted molar refractivity (Wildman–Crippen MR) is 71.5 cm³/mol. The van der Waals surface area contributed by atoms with Crippen LogP contribution < -0.4 is 5.43 Å². The van der Waals surface area contributed by atoms with E-state index in [0.717, 1.165) is 10.6 Å². The molecule has 0 fully saturated rings. The van der Waals surface area contributed by atoms with Gasteiger partial charge in [-0.3, -0.25) is 5.43 Å². The lowest BCUT2D eigenvalue weighted by molar-refractivity contribution is 1.33. The van der Waals surface area contributed by atoms with Crippen molar-refractivity contribution in [3.8, 4) is 0 Å². The standard InChI is InChI=1S/C13H14N2S/c1-10-4-3-5-12(8-10)15-14-9-13-7-6-11(2)16-13/h3-9,15H,1-2H3/b14-9-. The van der Waals surface area contributed by atoms with E-state index >= 15 is 0 Å². The van der Waals surface area contributed by atoms with Gasteiger partial charge in [-0.25, -0.2) is 0 Å². The third-order valence-corrected chi connectivity index (χ3v) is 3.10. The Kier molecular flexibility index (Phi) is 3.37. The molecule has 2 nitrogen and oxygen atoms in total. The second-order valence-electron chi connectivity index (χ2n) is 3.69. The number of hydrogen-bond donors (Lipinski definition) is 1. The van der Waals surface area contributed by atoms with Crippen LogP contribution in [0.25, 0.3) is 0 Å². The van der Waals surface area contributed by atoms with E-state index in [1.807, 2.05) is 18.3 Å². The molecule has 3 heteroatoms. The molecular formula is C13H14N2S. The summed E-state index contributed by atoms with van der Waals surface area (Å²) in [7, 11) is 0. The van der Waals surface area contributed by atoms with Gasteiger partial charge in [-0.1, -0.05) is 12.1 Å². The summed E-state index contributed by atoms with van der Waals surface area (Å²) < 4.78 is 0. The Hall–Kier alpha value is -1.61. The quantitative estimate of drug-likeness (QED) is 0.629. The number of benzene rings is 1. The molecule has 1 aromatic carbocycles. The van der Waals surface area contributed by atoms with Crippen molar-refractivity contribution in [3.05, 3.63) is 51.7 Å². The number of aryl methyl sites for hydroxylation is 2. The maximum absolute atomic E-state index is 4.20. The third-order valence-electron chi connectivity index (χ3n) is 2.16. The van der Waals surface area contributed by atoms with Crippen LogP contribution in [0, 0.1) is 13.8 Å². The topological polar surface area (TPSA) is 24.4 Å². The molecular weight excluding hydrogens is 216 g/mol. The fourth-order valence-corrected chi connectivity index (χ4v) is 2.16. The minimum absolute atomic E-state index is 1.02. The molecule has 1 aromatic heterocycles. The van der Waals surface area contributed by atoms with Gasteiger partial charge in [0.15, 0.2) is 0 Å². The van der Waals surface area contributed by atoms with Gasteiger partial charge in [0.25, 0.3) is 0 Å². The van der Waals surface area contributed by atoms with Crippen molar-refractivity contribution in [2.24, 2.45) is 5.10 Å². The van der Waals surface area contributed by atoms with Crippen molar-refractivity contribution in [1.82, 2.24) is 0 Å². The van der Waals surface area contributed by atoms with Crippen molar-refractivity contribution in [2.45, 2.75) is 13.8 Å². The summed E-state index contributed by atoms with van der Waals surface area (Å²) in [6.07, 6.45) is 1.85. The van der Waals surface area contributed by atoms with Gasteiger partial charge in [0.1, 0.15) is 0 Å². The average Bonchev–Trinajstić information content (AvgIpc) is 2.64. The van der Waals surface area contributed by atoms with Crippen molar-refractivity contribution >= 4 is 23.2 Å². The molecule has 0 radical (unpaired) electrons. The summed E-state index contributed by atoms with van der Waals surface area (Å²) in [5.74, 6) is 0. The number of rotatable bonds is 3. The first kappa shape index (κ1) is 10.9. The molecule has 82 valence electrons. The zero-order valence-corrected chi connectivity index (χ0v) is 10.2. The first-order valence-electron chi connectivity index (χ1n) is 5.16. The van der Waals surface area contributed by atoms with Crippen LogP contribution in [-0.4, -0.2) is 6.21 Å². The van der Waals surface area contributed by atoms with Crippen LogP contribution in [-0.2, 0) is 0 Å². The summed E-state index contributed by atoms with van der Waals surface area (Å²) in [6, 6.07) is 12.3. The first-order chi connectivity index (χ1) is 7.74. The fourth-order valence-electron chi connectivity index (χ4n) is 1.41. The maximum Gasteiger partial charge on any atom is 0.0644 e. The molecule has 0 atom stereocenters. The molecule has 0 bridgehead atoms. The number of anilines is 1. The van der Waals surface area contributed by atoms with Gasteiger partial charge in [-0.05, 0) is 43.7 Å². The molecule has 0 unspecified atom stereocenters. The first-order valence-corrected chi connectivity index (χ1v) is 5.98. The smallest absolute Gasteiger partial charge is 0.0644 e. The molecule has 0 amide bonds. The molecule has 2 rings (SSSR count). The summed E-state index contributed by atoms with van der Waals surface area (Å²) in [5, 5.41) is 4.20. The number of nitrogens with zero attached hydrogens (tertiary/aromatic N) is 1. The Balaban J connectivity index is 1.99. The number of hydrogen-bond acceptors (Lipinski definition) is 3. The van der Waals surface area contributed by atoms with Gasteiger partial charge < -0.3 is 0 Å². The average molecular weight is 230 g/mol. The molecule has 1 N–H and O–H groups in total. The summed E-state index contributed by atoms with van der Waals surface area (Å²) in [5.41, 5.74) is 5.27. The highest BCUT2D eigenvalue weighted by atomic mass is 32.1. The summed E-state index contributed by atoms with van der Waals surface area (Å²) in [6.45, 7) is 4.16. The lowest BCUT2D eigenvalue weighted by atomic mass is 10.2. The molecule has 0 aliphatic heterocycles. The zero-order valence-electron chi connectivity index (χ0n) is 9.40. The molecule has 0 saturated carbocycles. The van der Waals surface area contributed by atoms with E-state index in [0.29, 0.717) is 0 Å². The normalized spacial score (nSPS) is 10.9. The van der Waals surface area contributed by atoms with Crippen LogP contribution >= 0.6 is 11.3 Å². The minimum Gasteiger partial charge on any atom is -0.278 e. The second kappa shape index (κ2) is 4.94. The minimum atomic E-state index is 1.02. The van der Waals surface area contributed by atoms with Crippen molar-refractivity contribution in [1.29, 1.82) is 0 Å². The van der Waals surface area contributed by atoms with Crippen LogP contribution in [0.1, 0.15) is 15.3 Å². The number of hydrazone groups is 1. The second-order valence-corrected chi connectivity index (χ2v) is 5.01. The maximum atomic E-state index is 4.20. The lowest BCUT2D eigenvalue weighted by Crippen LogP contribution is -1.89. The Morgan fingerprint density at radius 2 is 2.06 bits per heavy atom.